The molecule has 3 N–H and O–H groups in total. The van der Waals surface area contributed by atoms with Crippen LogP contribution in [0.5, 0.6) is 0 Å². The van der Waals surface area contributed by atoms with Gasteiger partial charge in [-0.25, -0.2) is 0 Å². The number of carboxylic acid groups (broad SMARTS) is 1. The highest BCUT2D eigenvalue weighted by molar-refractivity contribution is 6.21. The van der Waals surface area contributed by atoms with Gasteiger partial charge in [-0.2, -0.15) is 0 Å². The van der Waals surface area contributed by atoms with Gasteiger partial charge in [-0.05, 0) is 61.0 Å². The van der Waals surface area contributed by atoms with Gasteiger partial charge in [0.1, 0.15) is 0 Å². The van der Waals surface area contributed by atoms with Gasteiger partial charge in [0.25, 0.3) is 0 Å². The summed E-state index contributed by atoms with van der Waals surface area (Å²) in [5.41, 5.74) is 2.26. The maximum atomic E-state index is 10.6. The van der Waals surface area contributed by atoms with E-state index in [0.717, 1.165) is 43.2 Å². The minimum atomic E-state index is -0.768. The second-order valence-corrected chi connectivity index (χ2v) is 10.7. The van der Waals surface area contributed by atoms with E-state index in [2.05, 4.69) is 26.8 Å². The fraction of sp³-hybridized carbons (Fsp3) is 0.654. The van der Waals surface area contributed by atoms with Gasteiger partial charge in [0, 0.05) is 17.7 Å². The van der Waals surface area contributed by atoms with Gasteiger partial charge in [0.15, 0.2) is 0 Å². The van der Waals surface area contributed by atoms with Crippen molar-refractivity contribution in [3.8, 4) is 0 Å². The smallest absolute Gasteiger partial charge is 0.303 e. The van der Waals surface area contributed by atoms with Crippen LogP contribution in [0.1, 0.15) is 95.3 Å². The first-order valence-corrected chi connectivity index (χ1v) is 12.0. The fourth-order valence-corrected chi connectivity index (χ4v) is 4.94. The molecule has 1 aromatic rings. The van der Waals surface area contributed by atoms with Crippen molar-refractivity contribution in [1.82, 2.24) is 0 Å². The highest BCUT2D eigenvalue weighted by atomic mass is 35.5. The van der Waals surface area contributed by atoms with E-state index in [4.69, 9.17) is 16.7 Å². The van der Waals surface area contributed by atoms with E-state index in [1.54, 1.807) is 0 Å². The molecule has 1 aromatic carbocycles. The van der Waals surface area contributed by atoms with Crippen molar-refractivity contribution in [2.24, 2.45) is 11.3 Å². The summed E-state index contributed by atoms with van der Waals surface area (Å²) < 4.78 is 0. The van der Waals surface area contributed by atoms with Crippen LogP contribution in [-0.4, -0.2) is 32.8 Å². The maximum Gasteiger partial charge on any atom is 0.303 e. The molecule has 2 rings (SSSR count). The third-order valence-electron chi connectivity index (χ3n) is 6.25. The SMILES string of the molecule is CC(C)(C)CCCC(O)c1ccc([C@@H]2[C@@H](C/C=C\CCCC(=O)O)[C@@H](Cl)C[C@H]2O)cc1. The number of aliphatic hydroxyl groups excluding tert-OH is 2. The molecule has 0 heterocycles. The predicted octanol–water partition coefficient (Wildman–Crippen LogP) is 6.21. The van der Waals surface area contributed by atoms with Gasteiger partial charge in [-0.3, -0.25) is 4.79 Å². The van der Waals surface area contributed by atoms with Crippen LogP contribution in [0.15, 0.2) is 36.4 Å². The Balaban J connectivity index is 1.95. The Kier molecular flexibility index (Phi) is 10.1. The monoisotopic (exact) mass is 450 g/mol. The number of rotatable bonds is 11. The predicted molar refractivity (Wildman–Crippen MR) is 126 cm³/mol. The molecule has 0 saturated heterocycles. The third-order valence-corrected chi connectivity index (χ3v) is 6.76. The van der Waals surface area contributed by atoms with Crippen molar-refractivity contribution in [1.29, 1.82) is 0 Å². The van der Waals surface area contributed by atoms with Crippen LogP contribution in [0.25, 0.3) is 0 Å². The van der Waals surface area contributed by atoms with E-state index in [-0.39, 0.29) is 29.0 Å². The summed E-state index contributed by atoms with van der Waals surface area (Å²) in [7, 11) is 0. The Morgan fingerprint density at radius 3 is 2.48 bits per heavy atom. The number of carboxylic acids is 1. The number of carbonyl (C=O) groups is 1. The second-order valence-electron chi connectivity index (χ2n) is 10.1. The summed E-state index contributed by atoms with van der Waals surface area (Å²) in [5.74, 6) is -0.663. The zero-order chi connectivity index (χ0) is 23.0. The molecule has 0 amide bonds. The quantitative estimate of drug-likeness (QED) is 0.213. The maximum absolute atomic E-state index is 10.6. The van der Waals surface area contributed by atoms with Crippen molar-refractivity contribution >= 4 is 17.6 Å². The molecule has 1 aliphatic carbocycles. The number of allylic oxidation sites excluding steroid dienone is 2. The summed E-state index contributed by atoms with van der Waals surface area (Å²) >= 11 is 6.56. The molecule has 1 aliphatic rings. The van der Waals surface area contributed by atoms with Crippen LogP contribution in [0.3, 0.4) is 0 Å². The Bertz CT molecular complexity index is 707. The largest absolute Gasteiger partial charge is 0.481 e. The molecule has 31 heavy (non-hydrogen) atoms. The Morgan fingerprint density at radius 2 is 1.87 bits per heavy atom. The lowest BCUT2D eigenvalue weighted by atomic mass is 9.84. The van der Waals surface area contributed by atoms with Gasteiger partial charge < -0.3 is 15.3 Å². The number of alkyl halides is 1. The molecular weight excluding hydrogens is 412 g/mol. The molecule has 4 nitrogen and oxygen atoms in total. The van der Waals surface area contributed by atoms with Crippen molar-refractivity contribution < 1.29 is 20.1 Å². The van der Waals surface area contributed by atoms with Crippen LogP contribution < -0.4 is 0 Å². The van der Waals surface area contributed by atoms with Crippen molar-refractivity contribution in [3.05, 3.63) is 47.5 Å². The summed E-state index contributed by atoms with van der Waals surface area (Å²) in [6.45, 7) is 6.65. The molecule has 0 aliphatic heterocycles. The van der Waals surface area contributed by atoms with Gasteiger partial charge in [0.05, 0.1) is 12.2 Å². The first kappa shape index (κ1) is 25.9. The summed E-state index contributed by atoms with van der Waals surface area (Å²) in [6.07, 6.45) is 8.86. The van der Waals surface area contributed by atoms with Crippen LogP contribution in [0.2, 0.25) is 0 Å². The summed E-state index contributed by atoms with van der Waals surface area (Å²) in [5, 5.41) is 29.8. The van der Waals surface area contributed by atoms with Crippen LogP contribution in [0.4, 0.5) is 0 Å². The average molecular weight is 451 g/mol. The Labute approximate surface area is 192 Å². The van der Waals surface area contributed by atoms with Gasteiger partial charge >= 0.3 is 5.97 Å². The average Bonchev–Trinajstić information content (AvgIpc) is 2.96. The summed E-state index contributed by atoms with van der Waals surface area (Å²) in [4.78, 5) is 10.6. The van der Waals surface area contributed by atoms with Crippen LogP contribution in [-0.2, 0) is 4.79 Å². The lowest BCUT2D eigenvalue weighted by molar-refractivity contribution is -0.137. The normalized spacial score (nSPS) is 25.2. The number of benzene rings is 1. The highest BCUT2D eigenvalue weighted by Crippen LogP contribution is 2.45. The van der Waals surface area contributed by atoms with E-state index in [1.807, 2.05) is 30.3 Å². The molecule has 0 bridgehead atoms. The molecule has 0 spiro atoms. The zero-order valence-electron chi connectivity index (χ0n) is 19.1. The molecule has 174 valence electrons. The van der Waals surface area contributed by atoms with E-state index in [0.29, 0.717) is 12.8 Å². The van der Waals surface area contributed by atoms with Crippen molar-refractivity contribution in [3.63, 3.8) is 0 Å². The molecule has 0 radical (unpaired) electrons. The number of hydrogen-bond donors (Lipinski definition) is 3. The molecular formula is C26H39ClO4. The second kappa shape index (κ2) is 12.0. The fourth-order valence-electron chi connectivity index (χ4n) is 4.50. The van der Waals surface area contributed by atoms with E-state index >= 15 is 0 Å². The topological polar surface area (TPSA) is 77.8 Å². The van der Waals surface area contributed by atoms with Gasteiger partial charge in [0.2, 0.25) is 0 Å². The molecule has 5 atom stereocenters. The Hall–Kier alpha value is -1.36. The number of aliphatic carboxylic acids is 1. The highest BCUT2D eigenvalue weighted by Gasteiger charge is 2.41. The van der Waals surface area contributed by atoms with Crippen molar-refractivity contribution in [2.75, 3.05) is 0 Å². The molecule has 1 fully saturated rings. The minimum Gasteiger partial charge on any atom is -0.481 e. The first-order chi connectivity index (χ1) is 14.6. The number of hydrogen-bond acceptors (Lipinski definition) is 3. The minimum absolute atomic E-state index is 0.0294. The van der Waals surface area contributed by atoms with Crippen LogP contribution in [0, 0.1) is 11.3 Å². The van der Waals surface area contributed by atoms with Gasteiger partial charge in [-0.15, -0.1) is 11.6 Å². The zero-order valence-corrected chi connectivity index (χ0v) is 19.9. The van der Waals surface area contributed by atoms with Crippen LogP contribution >= 0.6 is 11.6 Å². The number of halogens is 1. The lowest BCUT2D eigenvalue weighted by Gasteiger charge is -2.24. The third kappa shape index (κ3) is 8.59. The lowest BCUT2D eigenvalue weighted by Crippen LogP contribution is -2.18. The molecule has 5 heteroatoms. The van der Waals surface area contributed by atoms with E-state index in [9.17, 15) is 15.0 Å². The molecule has 0 aromatic heterocycles. The number of unbranched alkanes of at least 4 members (excludes halogenated alkanes) is 1. The molecule has 1 saturated carbocycles. The number of aliphatic hydroxyl groups is 2. The van der Waals surface area contributed by atoms with E-state index < -0.39 is 18.2 Å². The molecule has 1 unspecified atom stereocenters. The van der Waals surface area contributed by atoms with E-state index in [1.165, 1.54) is 0 Å². The summed E-state index contributed by atoms with van der Waals surface area (Å²) in [6, 6.07) is 8.00. The standard InChI is InChI=1S/C26H39ClO4/c1-26(2,3)16-8-10-22(28)18-12-14-19(15-13-18)25-20(21(27)17-23(25)29)9-6-4-5-7-11-24(30)31/h4,6,12-15,20-23,25,28-29H,5,7-11,16-17H2,1-3H3,(H,30,31)/b6-4-/t20-,21-,22?,23+,25+/m0/s1. The first-order valence-electron chi connectivity index (χ1n) is 11.6. The Morgan fingerprint density at radius 1 is 1.19 bits per heavy atom. The van der Waals surface area contributed by atoms with Gasteiger partial charge in [-0.1, -0.05) is 63.6 Å². The van der Waals surface area contributed by atoms with Crippen molar-refractivity contribution in [2.45, 2.75) is 95.6 Å².